The zero-order chi connectivity index (χ0) is 12.3. The second-order valence-corrected chi connectivity index (χ2v) is 5.34. The first-order valence-electron chi connectivity index (χ1n) is 6.03. The van der Waals surface area contributed by atoms with E-state index >= 15 is 0 Å². The molecule has 1 aromatic heterocycles. The van der Waals surface area contributed by atoms with Gasteiger partial charge in [0.1, 0.15) is 0 Å². The molecule has 1 aromatic rings. The van der Waals surface area contributed by atoms with Gasteiger partial charge in [-0.25, -0.2) is 0 Å². The molecule has 0 unspecified atom stereocenters. The Hall–Kier alpha value is -1.09. The van der Waals surface area contributed by atoms with Crippen molar-refractivity contribution in [2.75, 3.05) is 5.32 Å². The zero-order valence-electron chi connectivity index (χ0n) is 10.0. The van der Waals surface area contributed by atoms with E-state index in [1.165, 1.54) is 6.42 Å². The number of pyridine rings is 1. The van der Waals surface area contributed by atoms with E-state index in [9.17, 15) is 4.79 Å². The minimum Gasteiger partial charge on any atom is -0.323 e. The highest BCUT2D eigenvalue weighted by Gasteiger charge is 2.34. The van der Waals surface area contributed by atoms with Gasteiger partial charge in [0.2, 0.25) is 5.91 Å². The number of hydrogen-bond acceptors (Lipinski definition) is 2. The van der Waals surface area contributed by atoms with Gasteiger partial charge in [-0.1, -0.05) is 37.8 Å². The van der Waals surface area contributed by atoms with Gasteiger partial charge in [0.05, 0.1) is 16.9 Å². The van der Waals surface area contributed by atoms with Crippen molar-refractivity contribution in [3.8, 4) is 0 Å². The molecule has 1 aliphatic rings. The summed E-state index contributed by atoms with van der Waals surface area (Å²) in [5.74, 6) is 0.0621. The lowest BCUT2D eigenvalue weighted by atomic mass is 9.75. The molecule has 0 bridgehead atoms. The number of nitrogens with one attached hydrogen (secondary N) is 1. The average molecular weight is 253 g/mol. The third kappa shape index (κ3) is 2.78. The van der Waals surface area contributed by atoms with Crippen molar-refractivity contribution in [3.63, 3.8) is 0 Å². The molecule has 0 saturated heterocycles. The third-order valence-electron chi connectivity index (χ3n) is 3.52. The maximum Gasteiger partial charge on any atom is 0.230 e. The standard InChI is InChI=1S/C13H17ClN2O/c1-13(6-3-2-4-7-13)12(17)16-11-9-15-8-5-10(11)14/h5,8-9H,2-4,6-7H2,1H3,(H,16,17). The second kappa shape index (κ2) is 5.05. The van der Waals surface area contributed by atoms with Crippen LogP contribution in [0.1, 0.15) is 39.0 Å². The molecule has 3 nitrogen and oxygen atoms in total. The number of rotatable bonds is 2. The first-order chi connectivity index (χ1) is 8.12. The van der Waals surface area contributed by atoms with Crippen LogP contribution in [0.4, 0.5) is 5.69 Å². The summed E-state index contributed by atoms with van der Waals surface area (Å²) >= 11 is 6.00. The monoisotopic (exact) mass is 252 g/mol. The molecule has 1 saturated carbocycles. The molecule has 0 radical (unpaired) electrons. The maximum atomic E-state index is 12.2. The van der Waals surface area contributed by atoms with Crippen molar-refractivity contribution in [1.29, 1.82) is 0 Å². The summed E-state index contributed by atoms with van der Waals surface area (Å²) < 4.78 is 0. The summed E-state index contributed by atoms with van der Waals surface area (Å²) in [5.41, 5.74) is 0.350. The second-order valence-electron chi connectivity index (χ2n) is 4.93. The van der Waals surface area contributed by atoms with Gasteiger partial charge < -0.3 is 5.32 Å². The van der Waals surface area contributed by atoms with E-state index in [4.69, 9.17) is 11.6 Å². The Morgan fingerprint density at radius 2 is 2.12 bits per heavy atom. The summed E-state index contributed by atoms with van der Waals surface area (Å²) in [4.78, 5) is 16.2. The molecule has 92 valence electrons. The van der Waals surface area contributed by atoms with Crippen molar-refractivity contribution in [3.05, 3.63) is 23.5 Å². The highest BCUT2D eigenvalue weighted by atomic mass is 35.5. The van der Waals surface area contributed by atoms with Crippen molar-refractivity contribution in [2.45, 2.75) is 39.0 Å². The molecule has 1 amide bonds. The van der Waals surface area contributed by atoms with Gasteiger partial charge in [-0.05, 0) is 18.9 Å². The van der Waals surface area contributed by atoms with Crippen LogP contribution in [-0.2, 0) is 4.79 Å². The SMILES string of the molecule is CC1(C(=O)Nc2cnccc2Cl)CCCCC1. The van der Waals surface area contributed by atoms with E-state index in [2.05, 4.69) is 10.3 Å². The van der Waals surface area contributed by atoms with Crippen molar-refractivity contribution in [1.82, 2.24) is 4.98 Å². The Morgan fingerprint density at radius 3 is 2.76 bits per heavy atom. The number of anilines is 1. The smallest absolute Gasteiger partial charge is 0.230 e. The van der Waals surface area contributed by atoms with Gasteiger partial charge in [0, 0.05) is 11.6 Å². The summed E-state index contributed by atoms with van der Waals surface area (Å²) in [6.07, 6.45) is 8.60. The zero-order valence-corrected chi connectivity index (χ0v) is 10.8. The van der Waals surface area contributed by atoms with Crippen molar-refractivity contribution in [2.24, 2.45) is 5.41 Å². The molecule has 4 heteroatoms. The van der Waals surface area contributed by atoms with Crippen molar-refractivity contribution >= 4 is 23.2 Å². The number of hydrogen-bond donors (Lipinski definition) is 1. The fourth-order valence-electron chi connectivity index (χ4n) is 2.30. The molecule has 0 aromatic carbocycles. The summed E-state index contributed by atoms with van der Waals surface area (Å²) in [5, 5.41) is 3.42. The highest BCUT2D eigenvalue weighted by molar-refractivity contribution is 6.33. The molecule has 2 rings (SSSR count). The van der Waals surface area contributed by atoms with Crippen LogP contribution in [0.3, 0.4) is 0 Å². The van der Waals surface area contributed by atoms with Gasteiger partial charge in [-0.15, -0.1) is 0 Å². The molecule has 1 aliphatic carbocycles. The van der Waals surface area contributed by atoms with Crippen molar-refractivity contribution < 1.29 is 4.79 Å². The number of carbonyl (C=O) groups is 1. The lowest BCUT2D eigenvalue weighted by Gasteiger charge is -2.32. The Labute approximate surface area is 107 Å². The fourth-order valence-corrected chi connectivity index (χ4v) is 2.45. The lowest BCUT2D eigenvalue weighted by Crippen LogP contribution is -2.35. The quantitative estimate of drug-likeness (QED) is 0.873. The number of halogens is 1. The Bertz CT molecular complexity index is 414. The van der Waals surface area contributed by atoms with Gasteiger partial charge in [0.15, 0.2) is 0 Å². The largest absolute Gasteiger partial charge is 0.323 e. The highest BCUT2D eigenvalue weighted by Crippen LogP contribution is 2.37. The van der Waals surface area contributed by atoms with E-state index in [-0.39, 0.29) is 11.3 Å². The van der Waals surface area contributed by atoms with Gasteiger partial charge in [0.25, 0.3) is 0 Å². The fraction of sp³-hybridized carbons (Fsp3) is 0.538. The maximum absolute atomic E-state index is 12.2. The van der Waals surface area contributed by atoms with E-state index < -0.39 is 0 Å². The van der Waals surface area contributed by atoms with Crippen LogP contribution >= 0.6 is 11.6 Å². The normalized spacial score (nSPS) is 18.7. The van der Waals surface area contributed by atoms with Crippen LogP contribution in [0.15, 0.2) is 18.5 Å². The number of nitrogens with zero attached hydrogens (tertiary/aromatic N) is 1. The van der Waals surface area contributed by atoms with Crippen LogP contribution in [0.2, 0.25) is 5.02 Å². The average Bonchev–Trinajstić information content (AvgIpc) is 2.33. The molecule has 0 aliphatic heterocycles. The summed E-state index contributed by atoms with van der Waals surface area (Å²) in [6, 6.07) is 1.68. The molecular weight excluding hydrogens is 236 g/mol. The van der Waals surface area contributed by atoms with Crippen LogP contribution in [0.25, 0.3) is 0 Å². The topological polar surface area (TPSA) is 42.0 Å². The minimum atomic E-state index is -0.253. The molecule has 1 heterocycles. The van der Waals surface area contributed by atoms with Gasteiger partial charge in [-0.2, -0.15) is 0 Å². The van der Waals surface area contributed by atoms with Gasteiger partial charge >= 0.3 is 0 Å². The molecule has 0 spiro atoms. The molecule has 1 fully saturated rings. The number of amides is 1. The predicted octanol–water partition coefficient (Wildman–Crippen LogP) is 3.64. The lowest BCUT2D eigenvalue weighted by molar-refractivity contribution is -0.126. The van der Waals surface area contributed by atoms with Crippen LogP contribution < -0.4 is 5.32 Å². The Morgan fingerprint density at radius 1 is 1.41 bits per heavy atom. The van der Waals surface area contributed by atoms with Crippen LogP contribution in [0.5, 0.6) is 0 Å². The number of aromatic nitrogens is 1. The summed E-state index contributed by atoms with van der Waals surface area (Å²) in [7, 11) is 0. The van der Waals surface area contributed by atoms with E-state index in [0.29, 0.717) is 10.7 Å². The molecule has 0 atom stereocenters. The molecule has 1 N–H and O–H groups in total. The third-order valence-corrected chi connectivity index (χ3v) is 3.85. The van der Waals surface area contributed by atoms with Gasteiger partial charge in [-0.3, -0.25) is 9.78 Å². The minimum absolute atomic E-state index is 0.0621. The predicted molar refractivity (Wildman–Crippen MR) is 69.1 cm³/mol. The first kappa shape index (κ1) is 12.4. The molecular formula is C13H17ClN2O. The van der Waals surface area contributed by atoms with E-state index in [1.807, 2.05) is 6.92 Å². The van der Waals surface area contributed by atoms with Crippen LogP contribution in [0, 0.1) is 5.41 Å². The Kier molecular flexibility index (Phi) is 3.67. The summed E-state index contributed by atoms with van der Waals surface area (Å²) in [6.45, 7) is 2.03. The molecule has 17 heavy (non-hydrogen) atoms. The number of carbonyl (C=O) groups excluding carboxylic acids is 1. The first-order valence-corrected chi connectivity index (χ1v) is 6.41. The van der Waals surface area contributed by atoms with Crippen LogP contribution in [-0.4, -0.2) is 10.9 Å². The van der Waals surface area contributed by atoms with E-state index in [1.54, 1.807) is 18.5 Å². The Balaban J connectivity index is 2.08. The van der Waals surface area contributed by atoms with E-state index in [0.717, 1.165) is 25.7 Å².